The summed E-state index contributed by atoms with van der Waals surface area (Å²) in [4.78, 5) is 42.2. The third-order valence-electron chi connectivity index (χ3n) is 5.47. The molecule has 10 nitrogen and oxygen atoms in total. The van der Waals surface area contributed by atoms with Crippen LogP contribution >= 0.6 is 0 Å². The number of H-pyrrole nitrogens is 1. The number of rotatable bonds is 8. The number of nitrogens with one attached hydrogen (secondary N) is 1. The summed E-state index contributed by atoms with van der Waals surface area (Å²) in [5.74, 6) is -0.421. The Bertz CT molecular complexity index is 1230. The van der Waals surface area contributed by atoms with E-state index in [9.17, 15) is 14.4 Å². The van der Waals surface area contributed by atoms with Gasteiger partial charge in [-0.3, -0.25) is 23.8 Å². The van der Waals surface area contributed by atoms with Crippen LogP contribution < -0.4 is 21.9 Å². The van der Waals surface area contributed by atoms with Crippen molar-refractivity contribution in [3.63, 3.8) is 0 Å². The maximum atomic E-state index is 13.3. The number of hydrogen-bond donors (Lipinski definition) is 2. The van der Waals surface area contributed by atoms with Crippen molar-refractivity contribution in [2.75, 3.05) is 30.9 Å². The van der Waals surface area contributed by atoms with Crippen molar-refractivity contribution in [3.8, 4) is 0 Å². The summed E-state index contributed by atoms with van der Waals surface area (Å²) in [6, 6.07) is 9.24. The summed E-state index contributed by atoms with van der Waals surface area (Å²) < 4.78 is 8.10. The van der Waals surface area contributed by atoms with Crippen LogP contribution in [0.4, 0.5) is 11.5 Å². The third kappa shape index (κ3) is 4.65. The zero-order valence-electron chi connectivity index (χ0n) is 18.7. The fraction of sp³-hybridized carbons (Fsp3) is 0.364. The molecule has 3 N–H and O–H groups in total. The number of aromatic amines is 1. The van der Waals surface area contributed by atoms with Crippen LogP contribution in [0, 0.1) is 13.8 Å². The Hall–Kier alpha value is -3.66. The number of ether oxygens (including phenoxy) is 1. The molecule has 0 aliphatic rings. The zero-order valence-corrected chi connectivity index (χ0v) is 18.7. The van der Waals surface area contributed by atoms with E-state index in [0.29, 0.717) is 0 Å². The minimum atomic E-state index is -0.721. The molecule has 1 aromatic carbocycles. The SMILES string of the molecule is COCCN(C(=O)Cc1c(C)nn(C)c1C)c1c(N)n(Cc2ccccc2)c(=O)[nH]c1=O. The second-order valence-electron chi connectivity index (χ2n) is 7.55. The minimum absolute atomic E-state index is 0.0336. The highest BCUT2D eigenvalue weighted by Crippen LogP contribution is 2.21. The number of benzene rings is 1. The number of hydrogen-bond acceptors (Lipinski definition) is 6. The fourth-order valence-corrected chi connectivity index (χ4v) is 3.62. The number of nitrogens with zero attached hydrogens (tertiary/aromatic N) is 4. The second-order valence-corrected chi connectivity index (χ2v) is 7.55. The number of carbonyl (C=O) groups is 1. The molecule has 3 aromatic rings. The Morgan fingerprint density at radius 1 is 1.22 bits per heavy atom. The molecule has 32 heavy (non-hydrogen) atoms. The number of aryl methyl sites for hydroxylation is 2. The Balaban J connectivity index is 2.05. The zero-order chi connectivity index (χ0) is 23.4. The van der Waals surface area contributed by atoms with Gasteiger partial charge < -0.3 is 15.4 Å². The first kappa shape index (κ1) is 23.0. The molecular formula is C22H28N6O4. The van der Waals surface area contributed by atoms with E-state index in [1.807, 2.05) is 44.2 Å². The molecule has 10 heteroatoms. The summed E-state index contributed by atoms with van der Waals surface area (Å²) in [7, 11) is 3.31. The molecule has 0 unspecified atom stereocenters. The molecule has 3 rings (SSSR count). The monoisotopic (exact) mass is 440 g/mol. The molecule has 0 saturated carbocycles. The standard InChI is InChI=1S/C22H28N6O4/c1-14-17(15(2)26(3)25-14)12-18(29)27(10-11-32-4)19-20(23)28(22(31)24-21(19)30)13-16-8-6-5-7-9-16/h5-9H,10-13,23H2,1-4H3,(H,24,30,31). The lowest BCUT2D eigenvalue weighted by molar-refractivity contribution is -0.118. The smallest absolute Gasteiger partial charge is 0.330 e. The molecular weight excluding hydrogens is 412 g/mol. The second kappa shape index (κ2) is 9.65. The summed E-state index contributed by atoms with van der Waals surface area (Å²) in [6.07, 6.45) is 0.0336. The van der Waals surface area contributed by atoms with Crippen molar-refractivity contribution in [1.82, 2.24) is 19.3 Å². The van der Waals surface area contributed by atoms with Crippen LogP contribution in [0.25, 0.3) is 0 Å². The van der Waals surface area contributed by atoms with Crippen LogP contribution in [-0.2, 0) is 29.5 Å². The maximum Gasteiger partial charge on any atom is 0.330 e. The van der Waals surface area contributed by atoms with Gasteiger partial charge in [-0.1, -0.05) is 30.3 Å². The largest absolute Gasteiger partial charge is 0.383 e. The van der Waals surface area contributed by atoms with Gasteiger partial charge in [-0.2, -0.15) is 5.10 Å². The van der Waals surface area contributed by atoms with E-state index in [1.165, 1.54) is 16.6 Å². The van der Waals surface area contributed by atoms with Crippen molar-refractivity contribution in [2.45, 2.75) is 26.8 Å². The molecule has 0 saturated heterocycles. The number of amides is 1. The van der Waals surface area contributed by atoms with E-state index in [4.69, 9.17) is 10.5 Å². The summed E-state index contributed by atoms with van der Waals surface area (Å²) in [5.41, 5.74) is 8.07. The highest BCUT2D eigenvalue weighted by molar-refractivity contribution is 5.97. The van der Waals surface area contributed by atoms with Crippen molar-refractivity contribution in [2.24, 2.45) is 7.05 Å². The van der Waals surface area contributed by atoms with E-state index in [-0.39, 0.29) is 43.5 Å². The average molecular weight is 441 g/mol. The van der Waals surface area contributed by atoms with E-state index >= 15 is 0 Å². The van der Waals surface area contributed by atoms with Crippen LogP contribution in [0.3, 0.4) is 0 Å². The van der Waals surface area contributed by atoms with Crippen LogP contribution in [-0.4, -0.2) is 45.5 Å². The van der Waals surface area contributed by atoms with Crippen LogP contribution in [0.2, 0.25) is 0 Å². The number of methoxy groups -OCH3 is 1. The summed E-state index contributed by atoms with van der Waals surface area (Å²) >= 11 is 0. The first-order valence-electron chi connectivity index (χ1n) is 10.2. The molecule has 0 aliphatic carbocycles. The van der Waals surface area contributed by atoms with Gasteiger partial charge in [0.2, 0.25) is 5.91 Å². The van der Waals surface area contributed by atoms with Gasteiger partial charge in [-0.25, -0.2) is 4.79 Å². The average Bonchev–Trinajstić information content (AvgIpc) is 3.00. The summed E-state index contributed by atoms with van der Waals surface area (Å²) in [6.45, 7) is 4.15. The number of aromatic nitrogens is 4. The van der Waals surface area contributed by atoms with Crippen molar-refractivity contribution in [3.05, 3.63) is 73.7 Å². The van der Waals surface area contributed by atoms with Gasteiger partial charge in [0.05, 0.1) is 25.3 Å². The van der Waals surface area contributed by atoms with Crippen LogP contribution in [0.1, 0.15) is 22.5 Å². The molecule has 0 aliphatic heterocycles. The first-order chi connectivity index (χ1) is 15.2. The number of anilines is 2. The molecule has 2 heterocycles. The highest BCUT2D eigenvalue weighted by atomic mass is 16.5. The normalized spacial score (nSPS) is 11.0. The van der Waals surface area contributed by atoms with Gasteiger partial charge in [0.15, 0.2) is 5.69 Å². The number of carbonyl (C=O) groups excluding carboxylic acids is 1. The lowest BCUT2D eigenvalue weighted by Gasteiger charge is -2.24. The predicted molar refractivity (Wildman–Crippen MR) is 122 cm³/mol. The van der Waals surface area contributed by atoms with Crippen molar-refractivity contribution >= 4 is 17.4 Å². The van der Waals surface area contributed by atoms with Gasteiger partial charge in [0, 0.05) is 32.0 Å². The van der Waals surface area contributed by atoms with Crippen LogP contribution in [0.15, 0.2) is 39.9 Å². The molecule has 0 atom stereocenters. The third-order valence-corrected chi connectivity index (χ3v) is 5.47. The molecule has 0 bridgehead atoms. The lowest BCUT2D eigenvalue weighted by Crippen LogP contribution is -2.43. The Morgan fingerprint density at radius 3 is 2.50 bits per heavy atom. The maximum absolute atomic E-state index is 13.3. The first-order valence-corrected chi connectivity index (χ1v) is 10.2. The van der Waals surface area contributed by atoms with Gasteiger partial charge in [0.25, 0.3) is 5.56 Å². The lowest BCUT2D eigenvalue weighted by atomic mass is 10.1. The van der Waals surface area contributed by atoms with E-state index in [2.05, 4.69) is 10.1 Å². The van der Waals surface area contributed by atoms with Crippen molar-refractivity contribution in [1.29, 1.82) is 0 Å². The molecule has 0 spiro atoms. The molecule has 0 radical (unpaired) electrons. The highest BCUT2D eigenvalue weighted by Gasteiger charge is 2.26. The van der Waals surface area contributed by atoms with Crippen LogP contribution in [0.5, 0.6) is 0 Å². The molecule has 0 fully saturated rings. The van der Waals surface area contributed by atoms with E-state index in [1.54, 1.807) is 11.7 Å². The van der Waals surface area contributed by atoms with E-state index in [0.717, 1.165) is 22.5 Å². The quantitative estimate of drug-likeness (QED) is 0.532. The topological polar surface area (TPSA) is 128 Å². The van der Waals surface area contributed by atoms with E-state index < -0.39 is 11.2 Å². The number of nitrogens with two attached hydrogens (primary N) is 1. The van der Waals surface area contributed by atoms with Crippen molar-refractivity contribution < 1.29 is 9.53 Å². The van der Waals surface area contributed by atoms with Gasteiger partial charge in [-0.05, 0) is 19.4 Å². The van der Waals surface area contributed by atoms with Gasteiger partial charge in [-0.15, -0.1) is 0 Å². The predicted octanol–water partition coefficient (Wildman–Crippen LogP) is 0.740. The molecule has 1 amide bonds. The minimum Gasteiger partial charge on any atom is -0.383 e. The Kier molecular flexibility index (Phi) is 6.94. The molecule has 170 valence electrons. The van der Waals surface area contributed by atoms with Gasteiger partial charge >= 0.3 is 5.69 Å². The Morgan fingerprint density at radius 2 is 1.91 bits per heavy atom. The number of nitrogen functional groups attached to an aromatic ring is 1. The van der Waals surface area contributed by atoms with Gasteiger partial charge in [0.1, 0.15) is 5.82 Å². The Labute approximate surface area is 185 Å². The summed E-state index contributed by atoms with van der Waals surface area (Å²) in [5, 5.41) is 4.35. The fourth-order valence-electron chi connectivity index (χ4n) is 3.62. The molecule has 2 aromatic heterocycles.